The normalized spacial score (nSPS) is 14.2. The molecule has 1 aromatic rings. The van der Waals surface area contributed by atoms with Crippen LogP contribution in [0.25, 0.3) is 0 Å². The maximum Gasteiger partial charge on any atom is 0.151 e. The lowest BCUT2D eigenvalue weighted by molar-refractivity contribution is -0.136. The van der Waals surface area contributed by atoms with Crippen molar-refractivity contribution in [2.45, 2.75) is 24.4 Å². The van der Waals surface area contributed by atoms with Crippen molar-refractivity contribution in [1.29, 1.82) is 0 Å². The number of benzene rings is 1. The fraction of sp³-hybridized carbons (Fsp3) is 0.500. The summed E-state index contributed by atoms with van der Waals surface area (Å²) < 4.78 is 0. The van der Waals surface area contributed by atoms with Gasteiger partial charge in [0, 0.05) is 14.2 Å². The largest absolute Gasteiger partial charge is 0.400 e. The van der Waals surface area contributed by atoms with Gasteiger partial charge in [0.1, 0.15) is 24.4 Å². The van der Waals surface area contributed by atoms with E-state index in [0.29, 0.717) is 0 Å². The lowest BCUT2D eigenvalue weighted by atomic mass is 10.0. The Labute approximate surface area is 129 Å². The van der Waals surface area contributed by atoms with Gasteiger partial charge in [0.25, 0.3) is 0 Å². The molecule has 0 aliphatic carbocycles. The minimum absolute atomic E-state index is 0.0258. The summed E-state index contributed by atoms with van der Waals surface area (Å²) in [7, 11) is 2.00. The molecule has 130 valence electrons. The van der Waals surface area contributed by atoms with Gasteiger partial charge in [0.2, 0.25) is 0 Å². The highest BCUT2D eigenvalue weighted by Crippen LogP contribution is 2.02. The molecule has 8 heteroatoms. The van der Waals surface area contributed by atoms with Crippen molar-refractivity contribution in [3.05, 3.63) is 36.4 Å². The Balaban J connectivity index is -0.000000299. The van der Waals surface area contributed by atoms with E-state index in [1.807, 2.05) is 36.4 Å². The molecule has 22 heavy (non-hydrogen) atoms. The first-order valence-electron chi connectivity index (χ1n) is 6.22. The summed E-state index contributed by atoms with van der Waals surface area (Å²) >= 11 is 0. The van der Waals surface area contributed by atoms with Crippen molar-refractivity contribution < 1.29 is 40.5 Å². The highest BCUT2D eigenvalue weighted by molar-refractivity contribution is 5.56. The van der Waals surface area contributed by atoms with Gasteiger partial charge in [-0.05, 0) is 0 Å². The first-order valence-corrected chi connectivity index (χ1v) is 6.22. The fourth-order valence-electron chi connectivity index (χ4n) is 1.00. The van der Waals surface area contributed by atoms with Crippen molar-refractivity contribution in [3.63, 3.8) is 0 Å². The van der Waals surface area contributed by atoms with Crippen LogP contribution in [0.1, 0.15) is 0 Å². The molecule has 0 amide bonds. The van der Waals surface area contributed by atoms with E-state index in [0.717, 1.165) is 14.2 Å². The third-order valence-corrected chi connectivity index (χ3v) is 2.09. The molecule has 1 rings (SSSR count). The molecule has 0 fully saturated rings. The fourth-order valence-corrected chi connectivity index (χ4v) is 1.00. The number of aldehydes is 1. The topological polar surface area (TPSA) is 159 Å². The third kappa shape index (κ3) is 13.6. The maximum absolute atomic E-state index is 9.90. The van der Waals surface area contributed by atoms with Gasteiger partial charge < -0.3 is 40.5 Å². The van der Waals surface area contributed by atoms with Crippen LogP contribution in [0.15, 0.2) is 36.4 Å². The van der Waals surface area contributed by atoms with Gasteiger partial charge in [-0.3, -0.25) is 0 Å². The Kier molecular flexibility index (Phi) is 22.8. The SMILES string of the molecule is CO.CO.O=C[C@@H](O)[C@@H](O)[C@H](O)[C@H](O)CO.c1ccccc1. The minimum Gasteiger partial charge on any atom is -0.400 e. The summed E-state index contributed by atoms with van der Waals surface area (Å²) in [4.78, 5) is 9.90. The van der Waals surface area contributed by atoms with Gasteiger partial charge in [-0.1, -0.05) is 36.4 Å². The minimum atomic E-state index is -1.79. The number of carbonyl (C=O) groups is 1. The molecule has 0 spiro atoms. The molecule has 0 unspecified atom stereocenters. The predicted molar refractivity (Wildman–Crippen MR) is 79.9 cm³/mol. The summed E-state index contributed by atoms with van der Waals surface area (Å²) in [6.07, 6.45) is -6.84. The Morgan fingerprint density at radius 2 is 1.09 bits per heavy atom. The monoisotopic (exact) mass is 322 g/mol. The highest BCUT2D eigenvalue weighted by Gasteiger charge is 2.29. The number of carbonyl (C=O) groups excluding carboxylic acids is 1. The van der Waals surface area contributed by atoms with Gasteiger partial charge >= 0.3 is 0 Å². The van der Waals surface area contributed by atoms with E-state index in [2.05, 4.69) is 0 Å². The number of rotatable bonds is 5. The molecule has 1 aromatic carbocycles. The predicted octanol–water partition coefficient (Wildman–Crippen LogP) is -2.48. The van der Waals surface area contributed by atoms with E-state index in [9.17, 15) is 4.79 Å². The Hall–Kier alpha value is -1.39. The molecule has 4 atom stereocenters. The van der Waals surface area contributed by atoms with Crippen molar-refractivity contribution in [1.82, 2.24) is 0 Å². The lowest BCUT2D eigenvalue weighted by Crippen LogP contribution is -2.46. The molecule has 8 nitrogen and oxygen atoms in total. The van der Waals surface area contributed by atoms with E-state index in [1.165, 1.54) is 0 Å². The molecule has 7 N–H and O–H groups in total. The number of hydrogen-bond acceptors (Lipinski definition) is 8. The molecular formula is C14H26O8. The molecular weight excluding hydrogens is 296 g/mol. The Morgan fingerprint density at radius 3 is 1.32 bits per heavy atom. The van der Waals surface area contributed by atoms with Crippen LogP contribution in [0.3, 0.4) is 0 Å². The van der Waals surface area contributed by atoms with Crippen molar-refractivity contribution >= 4 is 6.29 Å². The number of hydrogen-bond donors (Lipinski definition) is 7. The summed E-state index contributed by atoms with van der Waals surface area (Å²) in [6, 6.07) is 12.0. The maximum atomic E-state index is 9.90. The van der Waals surface area contributed by atoms with E-state index >= 15 is 0 Å². The average Bonchev–Trinajstić information content (AvgIpc) is 2.64. The quantitative estimate of drug-likeness (QED) is 0.294. The Bertz CT molecular complexity index is 282. The Morgan fingerprint density at radius 1 is 0.773 bits per heavy atom. The third-order valence-electron chi connectivity index (χ3n) is 2.09. The summed E-state index contributed by atoms with van der Waals surface area (Å²) in [5.41, 5.74) is 0. The van der Waals surface area contributed by atoms with E-state index < -0.39 is 31.0 Å². The van der Waals surface area contributed by atoms with Crippen LogP contribution in [0.2, 0.25) is 0 Å². The molecule has 0 bridgehead atoms. The first-order chi connectivity index (χ1) is 10.5. The summed E-state index contributed by atoms with van der Waals surface area (Å²) in [6.45, 7) is -0.760. The lowest BCUT2D eigenvalue weighted by Gasteiger charge is -2.22. The average molecular weight is 322 g/mol. The second kappa shape index (κ2) is 19.6. The molecule has 0 radical (unpaired) electrons. The molecule has 0 aromatic heterocycles. The smallest absolute Gasteiger partial charge is 0.151 e. The number of aliphatic hydroxyl groups excluding tert-OH is 7. The van der Waals surface area contributed by atoms with Gasteiger partial charge in [-0.2, -0.15) is 0 Å². The summed E-state index contributed by atoms with van der Waals surface area (Å²) in [5, 5.41) is 57.5. The van der Waals surface area contributed by atoms with Crippen molar-refractivity contribution in [3.8, 4) is 0 Å². The van der Waals surface area contributed by atoms with Gasteiger partial charge in [-0.25, -0.2) is 0 Å². The standard InChI is InChI=1S/C6H12O6.C6H6.2CH4O/c7-1-3(9)5(11)6(12)4(10)2-8;1-2-4-6-5-3-1;2*1-2/h1,3-6,8-12H,2H2;1-6H;2*2H,1H3/t3-,4-,5-,6-;;;/m1.../s1. The van der Waals surface area contributed by atoms with Gasteiger partial charge in [0.05, 0.1) is 6.61 Å². The van der Waals surface area contributed by atoms with Gasteiger partial charge in [-0.15, -0.1) is 0 Å². The van der Waals surface area contributed by atoms with Crippen molar-refractivity contribution in [2.24, 2.45) is 0 Å². The zero-order valence-electron chi connectivity index (χ0n) is 12.6. The van der Waals surface area contributed by atoms with Crippen LogP contribution in [-0.2, 0) is 4.79 Å². The molecule has 0 saturated carbocycles. The van der Waals surface area contributed by atoms with Crippen LogP contribution in [0.4, 0.5) is 0 Å². The van der Waals surface area contributed by atoms with Crippen LogP contribution in [0.5, 0.6) is 0 Å². The highest BCUT2D eigenvalue weighted by atomic mass is 16.4. The van der Waals surface area contributed by atoms with Crippen molar-refractivity contribution in [2.75, 3.05) is 20.8 Å². The zero-order valence-corrected chi connectivity index (χ0v) is 12.6. The molecule has 0 aliphatic heterocycles. The molecule has 0 heterocycles. The van der Waals surface area contributed by atoms with E-state index in [-0.39, 0.29) is 6.29 Å². The first kappa shape index (κ1) is 25.6. The second-order valence-electron chi connectivity index (χ2n) is 3.51. The second-order valence-corrected chi connectivity index (χ2v) is 3.51. The van der Waals surface area contributed by atoms with Gasteiger partial charge in [0.15, 0.2) is 6.29 Å². The van der Waals surface area contributed by atoms with Crippen LogP contribution in [0, 0.1) is 0 Å². The zero-order chi connectivity index (χ0) is 18.0. The van der Waals surface area contributed by atoms with Crippen LogP contribution in [-0.4, -0.2) is 87.3 Å². The number of aliphatic hydroxyl groups is 7. The van der Waals surface area contributed by atoms with Crippen LogP contribution < -0.4 is 0 Å². The van der Waals surface area contributed by atoms with Crippen LogP contribution >= 0.6 is 0 Å². The van der Waals surface area contributed by atoms with E-state index in [4.69, 9.17) is 35.7 Å². The van der Waals surface area contributed by atoms with E-state index in [1.54, 1.807) is 0 Å². The molecule has 0 aliphatic rings. The summed E-state index contributed by atoms with van der Waals surface area (Å²) in [5.74, 6) is 0. The molecule has 0 saturated heterocycles.